The maximum absolute atomic E-state index is 4.65. The highest BCUT2D eigenvalue weighted by Crippen LogP contribution is 2.25. The molecule has 0 saturated heterocycles. The van der Waals surface area contributed by atoms with Crippen LogP contribution in [0.15, 0.2) is 36.7 Å². The summed E-state index contributed by atoms with van der Waals surface area (Å²) in [5.74, 6) is 0. The van der Waals surface area contributed by atoms with E-state index in [0.717, 1.165) is 23.6 Å². The Hall–Kier alpha value is -1.79. The fourth-order valence-corrected chi connectivity index (χ4v) is 2.90. The lowest BCUT2D eigenvalue weighted by Crippen LogP contribution is -2.23. The van der Waals surface area contributed by atoms with Gasteiger partial charge in [0.15, 0.2) is 0 Å². The zero-order valence-electron chi connectivity index (χ0n) is 10.7. The molecule has 98 valence electrons. The largest absolute Gasteiger partial charge is 0.306 e. The van der Waals surface area contributed by atoms with E-state index < -0.39 is 0 Å². The first-order valence-corrected chi connectivity index (χ1v) is 7.07. The molecule has 0 fully saturated rings. The van der Waals surface area contributed by atoms with Gasteiger partial charge in [-0.3, -0.25) is 4.68 Å². The summed E-state index contributed by atoms with van der Waals surface area (Å²) in [4.78, 5) is 4.65. The SMILES string of the molecule is CC(NCCn1ccnn1)c1nc2ccccc2s1. The normalized spacial score (nSPS) is 12.9. The van der Waals surface area contributed by atoms with Crippen molar-refractivity contribution < 1.29 is 0 Å². The predicted octanol–water partition coefficient (Wildman–Crippen LogP) is 2.24. The first-order chi connectivity index (χ1) is 9.33. The average Bonchev–Trinajstić information content (AvgIpc) is 3.07. The minimum atomic E-state index is 0.251. The second-order valence-electron chi connectivity index (χ2n) is 4.36. The molecule has 0 bridgehead atoms. The molecule has 3 aromatic rings. The summed E-state index contributed by atoms with van der Waals surface area (Å²) >= 11 is 1.74. The molecule has 19 heavy (non-hydrogen) atoms. The number of nitrogens with one attached hydrogen (secondary N) is 1. The molecule has 0 radical (unpaired) electrons. The van der Waals surface area contributed by atoms with Crippen LogP contribution in [-0.4, -0.2) is 26.5 Å². The van der Waals surface area contributed by atoms with Gasteiger partial charge in [-0.1, -0.05) is 17.3 Å². The maximum atomic E-state index is 4.65. The predicted molar refractivity (Wildman–Crippen MR) is 76.1 cm³/mol. The van der Waals surface area contributed by atoms with Crippen LogP contribution >= 0.6 is 11.3 Å². The van der Waals surface area contributed by atoms with Crippen molar-refractivity contribution in [3.05, 3.63) is 41.7 Å². The molecule has 1 unspecified atom stereocenters. The Kier molecular flexibility index (Phi) is 3.52. The lowest BCUT2D eigenvalue weighted by molar-refractivity contribution is 0.498. The average molecular weight is 273 g/mol. The number of hydrogen-bond acceptors (Lipinski definition) is 5. The van der Waals surface area contributed by atoms with Crippen molar-refractivity contribution in [2.75, 3.05) is 6.54 Å². The molecule has 5 nitrogen and oxygen atoms in total. The van der Waals surface area contributed by atoms with E-state index in [0.29, 0.717) is 0 Å². The van der Waals surface area contributed by atoms with E-state index in [1.807, 2.05) is 23.0 Å². The van der Waals surface area contributed by atoms with E-state index in [1.165, 1.54) is 4.70 Å². The monoisotopic (exact) mass is 273 g/mol. The third-order valence-electron chi connectivity index (χ3n) is 2.94. The lowest BCUT2D eigenvalue weighted by atomic mass is 10.3. The van der Waals surface area contributed by atoms with Gasteiger partial charge in [0, 0.05) is 12.7 Å². The van der Waals surface area contributed by atoms with Crippen LogP contribution in [0, 0.1) is 0 Å². The van der Waals surface area contributed by atoms with E-state index >= 15 is 0 Å². The number of rotatable bonds is 5. The topological polar surface area (TPSA) is 55.6 Å². The molecule has 0 aliphatic carbocycles. The van der Waals surface area contributed by atoms with Crippen LogP contribution in [-0.2, 0) is 6.54 Å². The molecule has 1 aromatic carbocycles. The Morgan fingerprint density at radius 2 is 2.26 bits per heavy atom. The molecular formula is C13H15N5S. The molecule has 2 heterocycles. The molecule has 0 aliphatic rings. The van der Waals surface area contributed by atoms with Gasteiger partial charge in [-0.15, -0.1) is 16.4 Å². The van der Waals surface area contributed by atoms with Crippen molar-refractivity contribution in [1.82, 2.24) is 25.3 Å². The van der Waals surface area contributed by atoms with Gasteiger partial charge in [-0.05, 0) is 19.1 Å². The van der Waals surface area contributed by atoms with E-state index in [-0.39, 0.29) is 6.04 Å². The van der Waals surface area contributed by atoms with Gasteiger partial charge >= 0.3 is 0 Å². The fraction of sp³-hybridized carbons (Fsp3) is 0.308. The summed E-state index contributed by atoms with van der Waals surface area (Å²) in [6.07, 6.45) is 3.56. The molecule has 0 saturated carbocycles. The molecule has 0 spiro atoms. The summed E-state index contributed by atoms with van der Waals surface area (Å²) in [5.41, 5.74) is 1.08. The number of nitrogens with zero attached hydrogens (tertiary/aromatic N) is 4. The van der Waals surface area contributed by atoms with Crippen LogP contribution in [0.1, 0.15) is 18.0 Å². The van der Waals surface area contributed by atoms with Crippen LogP contribution in [0.4, 0.5) is 0 Å². The van der Waals surface area contributed by atoms with Gasteiger partial charge in [-0.25, -0.2) is 4.98 Å². The quantitative estimate of drug-likeness (QED) is 0.774. The highest BCUT2D eigenvalue weighted by Gasteiger charge is 2.10. The van der Waals surface area contributed by atoms with Crippen molar-refractivity contribution >= 4 is 21.6 Å². The number of thiazole rings is 1. The third-order valence-corrected chi connectivity index (χ3v) is 4.16. The van der Waals surface area contributed by atoms with Gasteiger partial charge in [0.25, 0.3) is 0 Å². The van der Waals surface area contributed by atoms with Gasteiger partial charge in [0.05, 0.1) is 29.0 Å². The maximum Gasteiger partial charge on any atom is 0.111 e. The molecule has 2 aromatic heterocycles. The Bertz CT molecular complexity index is 613. The molecule has 0 amide bonds. The van der Waals surface area contributed by atoms with E-state index in [1.54, 1.807) is 17.5 Å². The Morgan fingerprint density at radius 1 is 1.37 bits per heavy atom. The number of benzene rings is 1. The minimum absolute atomic E-state index is 0.251. The molecule has 1 N–H and O–H groups in total. The summed E-state index contributed by atoms with van der Waals surface area (Å²) in [7, 11) is 0. The van der Waals surface area contributed by atoms with Crippen molar-refractivity contribution in [1.29, 1.82) is 0 Å². The van der Waals surface area contributed by atoms with Crippen LogP contribution in [0.2, 0.25) is 0 Å². The molecule has 0 aliphatic heterocycles. The number of fused-ring (bicyclic) bond motifs is 1. The smallest absolute Gasteiger partial charge is 0.111 e. The highest BCUT2D eigenvalue weighted by atomic mass is 32.1. The Labute approximate surface area is 115 Å². The first kappa shape index (κ1) is 12.3. The van der Waals surface area contributed by atoms with Crippen molar-refractivity contribution in [2.45, 2.75) is 19.5 Å². The van der Waals surface area contributed by atoms with E-state index in [2.05, 4.69) is 39.7 Å². The van der Waals surface area contributed by atoms with Crippen LogP contribution < -0.4 is 5.32 Å². The van der Waals surface area contributed by atoms with Crippen LogP contribution in [0.5, 0.6) is 0 Å². The molecule has 6 heteroatoms. The van der Waals surface area contributed by atoms with Crippen molar-refractivity contribution in [2.24, 2.45) is 0 Å². The van der Waals surface area contributed by atoms with Crippen molar-refractivity contribution in [3.63, 3.8) is 0 Å². The van der Waals surface area contributed by atoms with Gasteiger partial charge in [0.1, 0.15) is 5.01 Å². The summed E-state index contributed by atoms with van der Waals surface area (Å²) in [6.45, 7) is 3.80. The molecule has 1 atom stereocenters. The standard InChI is InChI=1S/C13H15N5S/c1-10(14-6-8-18-9-7-15-17-18)13-16-11-4-2-3-5-12(11)19-13/h2-5,7,9-10,14H,6,8H2,1H3. The number of hydrogen-bond donors (Lipinski definition) is 1. The van der Waals surface area contributed by atoms with Gasteiger partial charge in [0.2, 0.25) is 0 Å². The number of aromatic nitrogens is 4. The second kappa shape index (κ2) is 5.46. The van der Waals surface area contributed by atoms with Gasteiger partial charge < -0.3 is 5.32 Å². The zero-order chi connectivity index (χ0) is 13.1. The summed E-state index contributed by atoms with van der Waals surface area (Å²) in [6, 6.07) is 8.48. The van der Waals surface area contributed by atoms with E-state index in [9.17, 15) is 0 Å². The molecule has 3 rings (SSSR count). The minimum Gasteiger partial charge on any atom is -0.306 e. The van der Waals surface area contributed by atoms with Gasteiger partial charge in [-0.2, -0.15) is 0 Å². The first-order valence-electron chi connectivity index (χ1n) is 6.26. The van der Waals surface area contributed by atoms with Crippen LogP contribution in [0.25, 0.3) is 10.2 Å². The molecular weight excluding hydrogens is 258 g/mol. The summed E-state index contributed by atoms with van der Waals surface area (Å²) in [5, 5.41) is 12.3. The summed E-state index contributed by atoms with van der Waals surface area (Å²) < 4.78 is 3.06. The van der Waals surface area contributed by atoms with Crippen molar-refractivity contribution in [3.8, 4) is 0 Å². The Balaban J connectivity index is 1.61. The van der Waals surface area contributed by atoms with E-state index in [4.69, 9.17) is 0 Å². The number of para-hydroxylation sites is 1. The van der Waals surface area contributed by atoms with Crippen LogP contribution in [0.3, 0.4) is 0 Å². The fourth-order valence-electron chi connectivity index (χ4n) is 1.91. The third kappa shape index (κ3) is 2.80. The zero-order valence-corrected chi connectivity index (χ0v) is 11.5. The Morgan fingerprint density at radius 3 is 3.05 bits per heavy atom. The highest BCUT2D eigenvalue weighted by molar-refractivity contribution is 7.18. The lowest BCUT2D eigenvalue weighted by Gasteiger charge is -2.10. The second-order valence-corrected chi connectivity index (χ2v) is 5.42.